The van der Waals surface area contributed by atoms with Gasteiger partial charge in [-0.25, -0.2) is 0 Å². The van der Waals surface area contributed by atoms with Gasteiger partial charge in [0.15, 0.2) is 0 Å². The zero-order valence-corrected chi connectivity index (χ0v) is 11.5. The molecule has 0 N–H and O–H groups in total. The molecule has 2 saturated carbocycles. The van der Waals surface area contributed by atoms with E-state index >= 15 is 0 Å². The first-order chi connectivity index (χ1) is 7.82. The Hall–Kier alpha value is -0.660. The summed E-state index contributed by atoms with van der Waals surface area (Å²) in [5.74, 6) is 1.62. The number of rotatable bonds is 3. The first-order valence-corrected chi connectivity index (χ1v) is 6.85. The average Bonchev–Trinajstić information content (AvgIpc) is 2.31. The lowest BCUT2D eigenvalue weighted by Crippen LogP contribution is -2.48. The second kappa shape index (κ2) is 3.93. The van der Waals surface area contributed by atoms with Crippen LogP contribution in [0, 0.1) is 22.7 Å². The van der Waals surface area contributed by atoms with Crippen LogP contribution >= 0.6 is 0 Å². The summed E-state index contributed by atoms with van der Waals surface area (Å²) < 4.78 is 0. The van der Waals surface area contributed by atoms with Crippen molar-refractivity contribution in [3.8, 4) is 0 Å². The summed E-state index contributed by atoms with van der Waals surface area (Å²) in [6.07, 6.45) is 4.41. The standard InChI is InChI=1S/C15H24O2/c1-10-5-6-12-9-13(17)15(10,14(12,3)4)8-7-11(2)16/h10,12H,5-9H2,1-4H3/t10-,12-,15+/m1/s1. The van der Waals surface area contributed by atoms with E-state index in [1.165, 1.54) is 6.42 Å². The maximum atomic E-state index is 12.5. The molecule has 0 amide bonds. The van der Waals surface area contributed by atoms with Gasteiger partial charge in [-0.1, -0.05) is 20.8 Å². The van der Waals surface area contributed by atoms with Gasteiger partial charge in [0, 0.05) is 18.3 Å². The molecule has 0 spiro atoms. The number of carbonyl (C=O) groups excluding carboxylic acids is 2. The van der Waals surface area contributed by atoms with Gasteiger partial charge in [-0.2, -0.15) is 0 Å². The van der Waals surface area contributed by atoms with Crippen LogP contribution in [-0.2, 0) is 9.59 Å². The molecule has 0 heterocycles. The Balaban J connectivity index is 2.36. The number of Topliss-reactive ketones (excluding diaryl/α,β-unsaturated/α-hetero) is 2. The van der Waals surface area contributed by atoms with Gasteiger partial charge in [-0.15, -0.1) is 0 Å². The molecule has 0 aliphatic heterocycles. The van der Waals surface area contributed by atoms with Crippen LogP contribution in [0.2, 0.25) is 0 Å². The summed E-state index contributed by atoms with van der Waals surface area (Å²) in [6.45, 7) is 8.34. The van der Waals surface area contributed by atoms with E-state index in [1.807, 2.05) is 0 Å². The molecule has 2 bridgehead atoms. The highest BCUT2D eigenvalue weighted by Gasteiger charge is 2.63. The molecule has 2 fully saturated rings. The molecule has 2 rings (SSSR count). The molecular weight excluding hydrogens is 212 g/mol. The van der Waals surface area contributed by atoms with Crippen LogP contribution in [0.15, 0.2) is 0 Å². The van der Waals surface area contributed by atoms with Crippen LogP contribution in [0.1, 0.15) is 59.8 Å². The van der Waals surface area contributed by atoms with Gasteiger partial charge in [-0.05, 0) is 43.4 Å². The zero-order chi connectivity index (χ0) is 12.8. The lowest BCUT2D eigenvalue weighted by molar-refractivity contribution is -0.137. The summed E-state index contributed by atoms with van der Waals surface area (Å²) in [4.78, 5) is 23.8. The van der Waals surface area contributed by atoms with Gasteiger partial charge in [-0.3, -0.25) is 4.79 Å². The minimum Gasteiger partial charge on any atom is -0.300 e. The van der Waals surface area contributed by atoms with Crippen LogP contribution in [0.5, 0.6) is 0 Å². The van der Waals surface area contributed by atoms with E-state index in [0.717, 1.165) is 19.3 Å². The van der Waals surface area contributed by atoms with Gasteiger partial charge in [0.25, 0.3) is 0 Å². The fourth-order valence-corrected chi connectivity index (χ4v) is 4.54. The molecular formula is C15H24O2. The Morgan fingerprint density at radius 3 is 2.59 bits per heavy atom. The van der Waals surface area contributed by atoms with E-state index in [2.05, 4.69) is 20.8 Å². The molecule has 3 atom stereocenters. The second-order valence-electron chi connectivity index (χ2n) is 6.70. The predicted molar refractivity (Wildman–Crippen MR) is 67.6 cm³/mol. The average molecular weight is 236 g/mol. The lowest BCUT2D eigenvalue weighted by Gasteiger charge is -2.51. The third-order valence-electron chi connectivity index (χ3n) is 5.76. The maximum Gasteiger partial charge on any atom is 0.140 e. The minimum absolute atomic E-state index is 0.0806. The predicted octanol–water partition coefficient (Wildman–Crippen LogP) is 3.39. The number of hydrogen-bond acceptors (Lipinski definition) is 2. The van der Waals surface area contributed by atoms with Crippen LogP contribution < -0.4 is 0 Å². The molecule has 2 aliphatic rings. The van der Waals surface area contributed by atoms with E-state index in [0.29, 0.717) is 24.0 Å². The molecule has 0 aromatic carbocycles. The highest BCUT2D eigenvalue weighted by Crippen LogP contribution is 2.65. The molecule has 2 heteroatoms. The summed E-state index contributed by atoms with van der Waals surface area (Å²) in [6, 6.07) is 0. The molecule has 17 heavy (non-hydrogen) atoms. The smallest absolute Gasteiger partial charge is 0.140 e. The van der Waals surface area contributed by atoms with E-state index in [9.17, 15) is 9.59 Å². The third-order valence-corrected chi connectivity index (χ3v) is 5.76. The van der Waals surface area contributed by atoms with Gasteiger partial charge in [0.2, 0.25) is 0 Å². The quantitative estimate of drug-likeness (QED) is 0.752. The van der Waals surface area contributed by atoms with Crippen molar-refractivity contribution >= 4 is 11.6 Å². The monoisotopic (exact) mass is 236 g/mol. The van der Waals surface area contributed by atoms with Crippen LogP contribution in [-0.4, -0.2) is 11.6 Å². The molecule has 2 aliphatic carbocycles. The molecule has 96 valence electrons. The van der Waals surface area contributed by atoms with E-state index in [4.69, 9.17) is 0 Å². The molecule has 2 nitrogen and oxygen atoms in total. The number of carbonyl (C=O) groups is 2. The topological polar surface area (TPSA) is 34.1 Å². The molecule has 0 aromatic rings. The Morgan fingerprint density at radius 1 is 1.35 bits per heavy atom. The van der Waals surface area contributed by atoms with Crippen molar-refractivity contribution < 1.29 is 9.59 Å². The van der Waals surface area contributed by atoms with Gasteiger partial charge < -0.3 is 4.79 Å². The Bertz CT molecular complexity index is 356. The molecule has 0 aromatic heterocycles. The van der Waals surface area contributed by atoms with Crippen molar-refractivity contribution in [2.24, 2.45) is 22.7 Å². The van der Waals surface area contributed by atoms with E-state index in [-0.39, 0.29) is 16.6 Å². The normalized spacial score (nSPS) is 39.4. The zero-order valence-electron chi connectivity index (χ0n) is 11.5. The lowest BCUT2D eigenvalue weighted by atomic mass is 9.52. The summed E-state index contributed by atoms with van der Waals surface area (Å²) in [5, 5.41) is 0. The van der Waals surface area contributed by atoms with Crippen LogP contribution in [0.3, 0.4) is 0 Å². The van der Waals surface area contributed by atoms with Crippen molar-refractivity contribution in [3.63, 3.8) is 0 Å². The van der Waals surface area contributed by atoms with Crippen LogP contribution in [0.4, 0.5) is 0 Å². The highest BCUT2D eigenvalue weighted by atomic mass is 16.1. The largest absolute Gasteiger partial charge is 0.300 e. The second-order valence-corrected chi connectivity index (χ2v) is 6.70. The Morgan fingerprint density at radius 2 is 2.00 bits per heavy atom. The SMILES string of the molecule is CC(=O)CC[C@@]12C(=O)C[C@@H](CC[C@H]1C)C2(C)C. The summed E-state index contributed by atoms with van der Waals surface area (Å²) in [7, 11) is 0. The molecule has 0 saturated heterocycles. The Kier molecular flexibility index (Phi) is 2.95. The molecule has 0 unspecified atom stereocenters. The van der Waals surface area contributed by atoms with Gasteiger partial charge >= 0.3 is 0 Å². The van der Waals surface area contributed by atoms with Gasteiger partial charge in [0.1, 0.15) is 11.6 Å². The van der Waals surface area contributed by atoms with Crippen molar-refractivity contribution in [2.75, 3.05) is 0 Å². The molecule has 0 radical (unpaired) electrons. The third kappa shape index (κ3) is 1.60. The van der Waals surface area contributed by atoms with Crippen molar-refractivity contribution in [1.82, 2.24) is 0 Å². The van der Waals surface area contributed by atoms with Crippen LogP contribution in [0.25, 0.3) is 0 Å². The first kappa shape index (κ1) is 12.8. The van der Waals surface area contributed by atoms with Gasteiger partial charge in [0.05, 0.1) is 0 Å². The maximum absolute atomic E-state index is 12.5. The fourth-order valence-electron chi connectivity index (χ4n) is 4.54. The Labute approximate surface area is 104 Å². The fraction of sp³-hybridized carbons (Fsp3) is 0.867. The summed E-state index contributed by atoms with van der Waals surface area (Å²) in [5.41, 5.74) is -0.140. The van der Waals surface area contributed by atoms with E-state index in [1.54, 1.807) is 6.92 Å². The van der Waals surface area contributed by atoms with Crippen molar-refractivity contribution in [3.05, 3.63) is 0 Å². The highest BCUT2D eigenvalue weighted by molar-refractivity contribution is 5.90. The summed E-state index contributed by atoms with van der Waals surface area (Å²) >= 11 is 0. The minimum atomic E-state index is -0.221. The van der Waals surface area contributed by atoms with Crippen molar-refractivity contribution in [2.45, 2.75) is 59.8 Å². The number of ketones is 2. The number of fused-ring (bicyclic) bond motifs is 2. The van der Waals surface area contributed by atoms with Crippen molar-refractivity contribution in [1.29, 1.82) is 0 Å². The van der Waals surface area contributed by atoms with E-state index < -0.39 is 0 Å². The first-order valence-electron chi connectivity index (χ1n) is 6.85. The number of hydrogen-bond donors (Lipinski definition) is 0.